The van der Waals surface area contributed by atoms with Gasteiger partial charge < -0.3 is 9.47 Å². The summed E-state index contributed by atoms with van der Waals surface area (Å²) < 4.78 is 11.8. The van der Waals surface area contributed by atoms with Gasteiger partial charge in [0.05, 0.1) is 18.4 Å². The van der Waals surface area contributed by atoms with E-state index in [1.807, 2.05) is 25.1 Å². The average molecular weight is 350 g/mol. The Balaban J connectivity index is 1.64. The topological polar surface area (TPSA) is 34.1 Å². The molecule has 2 aromatic carbocycles. The molecule has 0 bridgehead atoms. The van der Waals surface area contributed by atoms with E-state index in [1.54, 1.807) is 0 Å². The maximum absolute atomic E-state index is 6.29. The van der Waals surface area contributed by atoms with Crippen molar-refractivity contribution in [1.29, 1.82) is 0 Å². The first kappa shape index (κ1) is 17.0. The summed E-state index contributed by atoms with van der Waals surface area (Å²) in [5.41, 5.74) is 3.51. The molecule has 2 atom stereocenters. The summed E-state index contributed by atoms with van der Waals surface area (Å²) >= 11 is 0. The molecular weight excluding hydrogens is 324 g/mol. The Morgan fingerprint density at radius 2 is 1.92 bits per heavy atom. The smallest absolute Gasteiger partial charge is 0.188 e. The largest absolute Gasteiger partial charge is 0.494 e. The molecule has 2 aliphatic heterocycles. The summed E-state index contributed by atoms with van der Waals surface area (Å²) in [7, 11) is 0. The second-order valence-corrected chi connectivity index (χ2v) is 7.34. The average Bonchev–Trinajstić information content (AvgIpc) is 3.08. The van der Waals surface area contributed by atoms with Crippen molar-refractivity contribution in [3.8, 4) is 11.5 Å². The molecule has 2 unspecified atom stereocenters. The fourth-order valence-corrected chi connectivity index (χ4v) is 3.75. The lowest BCUT2D eigenvalue weighted by atomic mass is 9.95. The molecule has 26 heavy (non-hydrogen) atoms. The molecule has 0 fully saturated rings. The van der Waals surface area contributed by atoms with Crippen molar-refractivity contribution in [1.82, 2.24) is 5.01 Å². The number of hydrogen-bond acceptors (Lipinski definition) is 4. The van der Waals surface area contributed by atoms with E-state index in [9.17, 15) is 0 Å². The van der Waals surface area contributed by atoms with E-state index in [2.05, 4.69) is 49.2 Å². The van der Waals surface area contributed by atoms with Crippen LogP contribution >= 0.6 is 0 Å². The zero-order valence-corrected chi connectivity index (χ0v) is 15.7. The van der Waals surface area contributed by atoms with Crippen molar-refractivity contribution in [2.45, 2.75) is 45.9 Å². The number of rotatable bonds is 5. The number of nitrogens with zero attached hydrogens (tertiary/aromatic N) is 2. The summed E-state index contributed by atoms with van der Waals surface area (Å²) in [6, 6.07) is 16.9. The van der Waals surface area contributed by atoms with E-state index in [4.69, 9.17) is 14.6 Å². The van der Waals surface area contributed by atoms with Crippen LogP contribution in [0.3, 0.4) is 0 Å². The first-order valence-electron chi connectivity index (χ1n) is 9.50. The first-order chi connectivity index (χ1) is 12.7. The Morgan fingerprint density at radius 1 is 1.15 bits per heavy atom. The van der Waals surface area contributed by atoms with Crippen LogP contribution in [0.2, 0.25) is 0 Å². The van der Waals surface area contributed by atoms with Crippen LogP contribution in [0.1, 0.15) is 50.8 Å². The van der Waals surface area contributed by atoms with Crippen LogP contribution in [0.25, 0.3) is 0 Å². The van der Waals surface area contributed by atoms with Crippen molar-refractivity contribution < 1.29 is 9.47 Å². The van der Waals surface area contributed by atoms with Gasteiger partial charge in [-0.15, -0.1) is 0 Å². The second-order valence-electron chi connectivity index (χ2n) is 7.34. The minimum Gasteiger partial charge on any atom is -0.494 e. The maximum Gasteiger partial charge on any atom is 0.188 e. The van der Waals surface area contributed by atoms with Gasteiger partial charge in [0, 0.05) is 18.4 Å². The molecule has 4 rings (SSSR count). The van der Waals surface area contributed by atoms with Crippen molar-refractivity contribution in [3.63, 3.8) is 0 Å². The Hall–Kier alpha value is -2.49. The molecule has 0 aromatic heterocycles. The summed E-state index contributed by atoms with van der Waals surface area (Å²) in [6.45, 7) is 7.14. The lowest BCUT2D eigenvalue weighted by Gasteiger charge is -2.38. The summed E-state index contributed by atoms with van der Waals surface area (Å²) in [6.07, 6.45) is 1.86. The molecule has 2 heterocycles. The number of fused-ring (bicyclic) bond motifs is 3. The lowest BCUT2D eigenvalue weighted by molar-refractivity contribution is -0.0291. The monoisotopic (exact) mass is 350 g/mol. The third-order valence-electron chi connectivity index (χ3n) is 4.95. The van der Waals surface area contributed by atoms with Gasteiger partial charge in [-0.05, 0) is 48.7 Å². The van der Waals surface area contributed by atoms with Gasteiger partial charge in [-0.1, -0.05) is 32.0 Å². The fourth-order valence-electron chi connectivity index (χ4n) is 3.75. The third kappa shape index (κ3) is 3.16. The highest BCUT2D eigenvalue weighted by Gasteiger charge is 2.40. The highest BCUT2D eigenvalue weighted by molar-refractivity contribution is 6.02. The lowest BCUT2D eigenvalue weighted by Crippen LogP contribution is -2.41. The van der Waals surface area contributed by atoms with Crippen LogP contribution in [0.15, 0.2) is 53.6 Å². The van der Waals surface area contributed by atoms with E-state index in [0.29, 0.717) is 12.5 Å². The molecule has 2 aliphatic rings. The van der Waals surface area contributed by atoms with Gasteiger partial charge in [-0.2, -0.15) is 5.10 Å². The molecule has 0 saturated carbocycles. The Morgan fingerprint density at radius 3 is 2.65 bits per heavy atom. The van der Waals surface area contributed by atoms with Gasteiger partial charge in [0.2, 0.25) is 0 Å². The van der Waals surface area contributed by atoms with Crippen LogP contribution in [0.4, 0.5) is 0 Å². The Bertz CT molecular complexity index is 798. The second kappa shape index (κ2) is 7.02. The maximum atomic E-state index is 6.29. The van der Waals surface area contributed by atoms with Gasteiger partial charge >= 0.3 is 0 Å². The van der Waals surface area contributed by atoms with E-state index in [-0.39, 0.29) is 12.3 Å². The molecule has 4 nitrogen and oxygen atoms in total. The molecule has 0 saturated heterocycles. The van der Waals surface area contributed by atoms with Crippen LogP contribution < -0.4 is 9.47 Å². The van der Waals surface area contributed by atoms with Crippen molar-refractivity contribution in [2.75, 3.05) is 6.61 Å². The predicted octanol–water partition coefficient (Wildman–Crippen LogP) is 5.00. The quantitative estimate of drug-likeness (QED) is 0.761. The van der Waals surface area contributed by atoms with Gasteiger partial charge in [-0.3, -0.25) is 5.01 Å². The Kier molecular flexibility index (Phi) is 4.58. The van der Waals surface area contributed by atoms with E-state index < -0.39 is 0 Å². The Labute approximate surface area is 155 Å². The van der Waals surface area contributed by atoms with Crippen LogP contribution in [-0.4, -0.2) is 23.6 Å². The van der Waals surface area contributed by atoms with E-state index >= 15 is 0 Å². The third-order valence-corrected chi connectivity index (χ3v) is 4.95. The summed E-state index contributed by atoms with van der Waals surface area (Å²) in [5.74, 6) is 2.46. The first-order valence-corrected chi connectivity index (χ1v) is 9.50. The highest BCUT2D eigenvalue weighted by Crippen LogP contribution is 2.44. The van der Waals surface area contributed by atoms with Crippen LogP contribution in [0, 0.1) is 5.92 Å². The number of ether oxygens (including phenoxy) is 2. The number of benzene rings is 2. The molecule has 0 amide bonds. The van der Waals surface area contributed by atoms with Gasteiger partial charge in [0.1, 0.15) is 11.5 Å². The van der Waals surface area contributed by atoms with Crippen molar-refractivity contribution >= 4 is 5.71 Å². The van der Waals surface area contributed by atoms with Crippen LogP contribution in [-0.2, 0) is 0 Å². The minimum absolute atomic E-state index is 0.00454. The molecule has 2 aromatic rings. The standard InChI is InChI=1S/C22H26N2O2/c1-4-25-17-11-9-16(10-12-17)19-14-20-18-7-5-6-8-21(18)26-22(13-15(2)3)24(20)23-19/h5-12,15,20,22H,4,13-14H2,1-3H3. The van der Waals surface area contributed by atoms with Gasteiger partial charge in [-0.25, -0.2) is 0 Å². The molecule has 4 heteroatoms. The zero-order chi connectivity index (χ0) is 18.1. The summed E-state index contributed by atoms with van der Waals surface area (Å²) in [4.78, 5) is 0. The molecule has 0 aliphatic carbocycles. The van der Waals surface area contributed by atoms with E-state index in [1.165, 1.54) is 5.56 Å². The minimum atomic E-state index is -0.00454. The fraction of sp³-hybridized carbons (Fsp3) is 0.409. The van der Waals surface area contributed by atoms with Crippen LogP contribution in [0.5, 0.6) is 11.5 Å². The summed E-state index contributed by atoms with van der Waals surface area (Å²) in [5, 5.41) is 7.15. The number of hydrogen-bond donors (Lipinski definition) is 0. The van der Waals surface area contributed by atoms with Crippen molar-refractivity contribution in [2.24, 2.45) is 11.0 Å². The molecule has 0 N–H and O–H groups in total. The zero-order valence-electron chi connectivity index (χ0n) is 15.7. The molecule has 136 valence electrons. The predicted molar refractivity (Wildman–Crippen MR) is 104 cm³/mol. The number of para-hydroxylation sites is 1. The van der Waals surface area contributed by atoms with Gasteiger partial charge in [0.25, 0.3) is 0 Å². The van der Waals surface area contributed by atoms with Gasteiger partial charge in [0.15, 0.2) is 6.23 Å². The van der Waals surface area contributed by atoms with Crippen molar-refractivity contribution in [3.05, 3.63) is 59.7 Å². The molecular formula is C22H26N2O2. The molecule has 0 radical (unpaired) electrons. The normalized spacial score (nSPS) is 21.1. The SMILES string of the molecule is CCOc1ccc(C2=NN3C(CC(C)C)Oc4ccccc4C3C2)cc1. The highest BCUT2D eigenvalue weighted by atomic mass is 16.5. The molecule has 0 spiro atoms. The number of hydrazone groups is 1. The van der Waals surface area contributed by atoms with E-state index in [0.717, 1.165) is 35.6 Å².